The Hall–Kier alpha value is -0.560. The van der Waals surface area contributed by atoms with Gasteiger partial charge in [-0.1, -0.05) is 21.6 Å². The Kier molecular flexibility index (Phi) is 4.59. The standard InChI is InChI=1S/C8H8F3NOS2/c1-14-15-6-2-3-7(12-4-6)13-5-8(9,10)11/h2-4H,5H2,1H3. The van der Waals surface area contributed by atoms with Crippen LogP contribution in [0.15, 0.2) is 23.2 Å². The molecule has 1 heterocycles. The number of nitrogens with zero attached hydrogens (tertiary/aromatic N) is 1. The van der Waals surface area contributed by atoms with Gasteiger partial charge in [-0.05, 0) is 12.3 Å². The molecule has 1 rings (SSSR count). The van der Waals surface area contributed by atoms with Crippen LogP contribution in [-0.4, -0.2) is 24.0 Å². The van der Waals surface area contributed by atoms with Gasteiger partial charge in [0.25, 0.3) is 0 Å². The summed E-state index contributed by atoms with van der Waals surface area (Å²) in [6.07, 6.45) is -0.944. The molecule has 0 N–H and O–H groups in total. The third kappa shape index (κ3) is 5.17. The van der Waals surface area contributed by atoms with Gasteiger partial charge in [0.2, 0.25) is 5.88 Å². The maximum absolute atomic E-state index is 11.8. The highest BCUT2D eigenvalue weighted by Gasteiger charge is 2.28. The summed E-state index contributed by atoms with van der Waals surface area (Å²) in [6.45, 7) is -1.31. The third-order valence-corrected chi connectivity index (χ3v) is 2.95. The molecule has 15 heavy (non-hydrogen) atoms. The minimum atomic E-state index is -4.33. The van der Waals surface area contributed by atoms with Gasteiger partial charge in [0, 0.05) is 17.2 Å². The highest BCUT2D eigenvalue weighted by atomic mass is 33.1. The average molecular weight is 255 g/mol. The van der Waals surface area contributed by atoms with Crippen molar-refractivity contribution < 1.29 is 17.9 Å². The van der Waals surface area contributed by atoms with Gasteiger partial charge in [-0.3, -0.25) is 0 Å². The molecule has 0 atom stereocenters. The van der Waals surface area contributed by atoms with E-state index in [1.165, 1.54) is 33.9 Å². The van der Waals surface area contributed by atoms with Crippen LogP contribution in [0.5, 0.6) is 5.88 Å². The molecule has 2 nitrogen and oxygen atoms in total. The van der Waals surface area contributed by atoms with Crippen LogP contribution >= 0.6 is 21.6 Å². The molecule has 84 valence electrons. The second-order valence-electron chi connectivity index (χ2n) is 2.49. The lowest BCUT2D eigenvalue weighted by Gasteiger charge is -2.08. The Balaban J connectivity index is 2.50. The molecule has 0 fully saturated rings. The topological polar surface area (TPSA) is 22.1 Å². The summed E-state index contributed by atoms with van der Waals surface area (Å²) < 4.78 is 39.8. The van der Waals surface area contributed by atoms with E-state index in [9.17, 15) is 13.2 Å². The SMILES string of the molecule is CSSc1ccc(OCC(F)(F)F)nc1. The molecule has 7 heteroatoms. The second-order valence-corrected chi connectivity index (χ2v) is 4.96. The van der Waals surface area contributed by atoms with Gasteiger partial charge in [-0.15, -0.1) is 0 Å². The predicted octanol–water partition coefficient (Wildman–Crippen LogP) is 3.39. The Labute approximate surface area is 93.0 Å². The maximum Gasteiger partial charge on any atom is 0.422 e. The lowest BCUT2D eigenvalue weighted by atomic mass is 10.5. The van der Waals surface area contributed by atoms with Crippen molar-refractivity contribution in [2.24, 2.45) is 0 Å². The Morgan fingerprint density at radius 2 is 2.13 bits per heavy atom. The summed E-state index contributed by atoms with van der Waals surface area (Å²) >= 11 is 0. The smallest absolute Gasteiger partial charge is 0.422 e. The zero-order valence-corrected chi connectivity index (χ0v) is 9.38. The lowest BCUT2D eigenvalue weighted by molar-refractivity contribution is -0.154. The molecule has 0 saturated carbocycles. The van der Waals surface area contributed by atoms with Gasteiger partial charge < -0.3 is 4.74 Å². The van der Waals surface area contributed by atoms with E-state index in [0.29, 0.717) is 0 Å². The molecule has 0 aromatic carbocycles. The van der Waals surface area contributed by atoms with Crippen LogP contribution in [-0.2, 0) is 0 Å². The Bertz CT molecular complexity index is 302. The Morgan fingerprint density at radius 1 is 1.40 bits per heavy atom. The average Bonchev–Trinajstić information content (AvgIpc) is 2.16. The number of hydrogen-bond donors (Lipinski definition) is 0. The summed E-state index contributed by atoms with van der Waals surface area (Å²) in [5, 5.41) is 0. The van der Waals surface area contributed by atoms with Crippen molar-refractivity contribution in [1.82, 2.24) is 4.98 Å². The minimum absolute atomic E-state index is 0.0159. The number of ether oxygens (including phenoxy) is 1. The van der Waals surface area contributed by atoms with Crippen molar-refractivity contribution in [3.05, 3.63) is 18.3 Å². The van der Waals surface area contributed by atoms with Crippen LogP contribution in [0.1, 0.15) is 0 Å². The molecule has 0 amide bonds. The minimum Gasteiger partial charge on any atom is -0.468 e. The van der Waals surface area contributed by atoms with Crippen LogP contribution < -0.4 is 4.74 Å². The van der Waals surface area contributed by atoms with Crippen LogP contribution in [0.2, 0.25) is 0 Å². The molecular formula is C8H8F3NOS2. The molecule has 0 bridgehead atoms. The summed E-state index contributed by atoms with van der Waals surface area (Å²) in [5.41, 5.74) is 0. The van der Waals surface area contributed by atoms with Crippen molar-refractivity contribution in [3.8, 4) is 5.88 Å². The number of alkyl halides is 3. The quantitative estimate of drug-likeness (QED) is 0.769. The van der Waals surface area contributed by atoms with Gasteiger partial charge in [-0.2, -0.15) is 13.2 Å². The highest BCUT2D eigenvalue weighted by Crippen LogP contribution is 2.28. The van der Waals surface area contributed by atoms with Gasteiger partial charge in [0.1, 0.15) is 0 Å². The normalized spacial score (nSPS) is 11.5. The number of pyridine rings is 1. The molecule has 0 aliphatic heterocycles. The fraction of sp³-hybridized carbons (Fsp3) is 0.375. The first-order chi connectivity index (χ1) is 7.01. The second kappa shape index (κ2) is 5.50. The van der Waals surface area contributed by atoms with Crippen molar-refractivity contribution in [3.63, 3.8) is 0 Å². The summed E-state index contributed by atoms with van der Waals surface area (Å²) in [4.78, 5) is 4.62. The van der Waals surface area contributed by atoms with E-state index in [4.69, 9.17) is 0 Å². The van der Waals surface area contributed by atoms with E-state index in [1.54, 1.807) is 6.07 Å². The van der Waals surface area contributed by atoms with E-state index in [0.717, 1.165) is 4.90 Å². The van der Waals surface area contributed by atoms with E-state index < -0.39 is 12.8 Å². The van der Waals surface area contributed by atoms with Crippen LogP contribution in [0, 0.1) is 0 Å². The number of aromatic nitrogens is 1. The largest absolute Gasteiger partial charge is 0.468 e. The van der Waals surface area contributed by atoms with Crippen molar-refractivity contribution in [2.45, 2.75) is 11.1 Å². The molecule has 0 aliphatic rings. The van der Waals surface area contributed by atoms with Crippen molar-refractivity contribution >= 4 is 21.6 Å². The van der Waals surface area contributed by atoms with Crippen molar-refractivity contribution in [1.29, 1.82) is 0 Å². The van der Waals surface area contributed by atoms with Crippen LogP contribution in [0.25, 0.3) is 0 Å². The third-order valence-electron chi connectivity index (χ3n) is 1.27. The molecule has 0 spiro atoms. The molecule has 0 saturated heterocycles. The zero-order chi connectivity index (χ0) is 11.3. The number of halogens is 3. The summed E-state index contributed by atoms with van der Waals surface area (Å²) in [7, 11) is 3.02. The molecule has 1 aromatic rings. The van der Waals surface area contributed by atoms with Crippen LogP contribution in [0.4, 0.5) is 13.2 Å². The molecule has 0 aliphatic carbocycles. The first-order valence-corrected chi connectivity index (χ1v) is 6.43. The highest BCUT2D eigenvalue weighted by molar-refractivity contribution is 8.76. The number of rotatable bonds is 4. The van der Waals surface area contributed by atoms with Crippen LogP contribution in [0.3, 0.4) is 0 Å². The Morgan fingerprint density at radius 3 is 2.60 bits per heavy atom. The van der Waals surface area contributed by atoms with E-state index >= 15 is 0 Å². The first-order valence-electron chi connectivity index (χ1n) is 3.87. The molecule has 1 aromatic heterocycles. The summed E-state index contributed by atoms with van der Waals surface area (Å²) in [6, 6.07) is 3.09. The number of hydrogen-bond acceptors (Lipinski definition) is 4. The van der Waals surface area contributed by atoms with Gasteiger partial charge >= 0.3 is 6.18 Å². The molecular weight excluding hydrogens is 247 g/mol. The van der Waals surface area contributed by atoms with E-state index in [2.05, 4.69) is 9.72 Å². The fourth-order valence-corrected chi connectivity index (χ4v) is 2.04. The maximum atomic E-state index is 11.8. The van der Waals surface area contributed by atoms with Gasteiger partial charge in [-0.25, -0.2) is 4.98 Å². The van der Waals surface area contributed by atoms with Gasteiger partial charge in [0.15, 0.2) is 6.61 Å². The fourth-order valence-electron chi connectivity index (χ4n) is 0.753. The first kappa shape index (κ1) is 12.5. The van der Waals surface area contributed by atoms with Gasteiger partial charge in [0.05, 0.1) is 0 Å². The monoisotopic (exact) mass is 255 g/mol. The molecule has 0 radical (unpaired) electrons. The van der Waals surface area contributed by atoms with Crippen molar-refractivity contribution in [2.75, 3.05) is 12.9 Å². The zero-order valence-electron chi connectivity index (χ0n) is 7.75. The predicted molar refractivity (Wildman–Crippen MR) is 55.2 cm³/mol. The van der Waals surface area contributed by atoms with E-state index in [1.807, 2.05) is 6.26 Å². The van der Waals surface area contributed by atoms with E-state index in [-0.39, 0.29) is 5.88 Å². The summed E-state index contributed by atoms with van der Waals surface area (Å²) in [5.74, 6) is -0.0159. The molecule has 0 unspecified atom stereocenters. The lowest BCUT2D eigenvalue weighted by Crippen LogP contribution is -2.19.